The number of alkyl carbamates (subject to hydrolysis) is 1. The minimum Gasteiger partial charge on any atom is -0.444 e. The van der Waals surface area contributed by atoms with Crippen molar-refractivity contribution >= 4 is 47.0 Å². The Hall–Kier alpha value is -5.00. The zero-order valence-corrected chi connectivity index (χ0v) is 28.2. The third-order valence-corrected chi connectivity index (χ3v) is 6.60. The minimum atomic E-state index is -1.51. The first-order valence-electron chi connectivity index (χ1n) is 15.5. The Morgan fingerprint density at radius 1 is 0.857 bits per heavy atom. The predicted octanol–water partition coefficient (Wildman–Crippen LogP) is 0.954. The summed E-state index contributed by atoms with van der Waals surface area (Å²) in [5.41, 5.74) is -2.04. The van der Waals surface area contributed by atoms with Crippen LogP contribution in [-0.2, 0) is 28.7 Å². The van der Waals surface area contributed by atoms with Crippen LogP contribution in [0.1, 0.15) is 83.5 Å². The summed E-state index contributed by atoms with van der Waals surface area (Å²) in [5.74, 6) is -5.62. The van der Waals surface area contributed by atoms with Crippen molar-refractivity contribution in [3.63, 3.8) is 0 Å². The van der Waals surface area contributed by atoms with Crippen LogP contribution in [0.5, 0.6) is 0 Å². The van der Waals surface area contributed by atoms with Gasteiger partial charge >= 0.3 is 6.09 Å². The summed E-state index contributed by atoms with van der Waals surface area (Å²) in [5, 5.41) is 32.7. The topological polar surface area (TPSA) is 252 Å². The lowest BCUT2D eigenvalue weighted by atomic mass is 10.0. The van der Waals surface area contributed by atoms with Crippen molar-refractivity contribution in [2.45, 2.75) is 96.9 Å². The Morgan fingerprint density at radius 3 is 1.98 bits per heavy atom. The van der Waals surface area contributed by atoms with Crippen molar-refractivity contribution in [2.75, 3.05) is 19.7 Å². The minimum absolute atomic E-state index is 0.0542. The van der Waals surface area contributed by atoms with E-state index in [-0.39, 0.29) is 56.8 Å². The number of nitro benzene ring substituents is 1. The molecule has 0 bridgehead atoms. The largest absolute Gasteiger partial charge is 0.444 e. The number of nitro groups is 1. The Morgan fingerprint density at radius 2 is 1.45 bits per heavy atom. The van der Waals surface area contributed by atoms with Crippen LogP contribution >= 0.6 is 0 Å². The van der Waals surface area contributed by atoms with Gasteiger partial charge < -0.3 is 41.2 Å². The number of halogens is 1. The lowest BCUT2D eigenvalue weighted by Crippen LogP contribution is -2.57. The Kier molecular flexibility index (Phi) is 17.5. The van der Waals surface area contributed by atoms with E-state index in [1.165, 1.54) is 13.8 Å². The molecule has 0 spiro atoms. The van der Waals surface area contributed by atoms with Gasteiger partial charge in [0.15, 0.2) is 0 Å². The predicted molar refractivity (Wildman–Crippen MR) is 172 cm³/mol. The van der Waals surface area contributed by atoms with E-state index in [0.717, 1.165) is 6.07 Å². The number of non-ortho nitro benzene ring substituents is 1. The molecule has 0 saturated carbocycles. The first kappa shape index (κ1) is 42.0. The smallest absolute Gasteiger partial charge is 0.407 e. The van der Waals surface area contributed by atoms with Crippen LogP contribution in [0.4, 0.5) is 14.9 Å². The van der Waals surface area contributed by atoms with Crippen LogP contribution in [0.2, 0.25) is 0 Å². The van der Waals surface area contributed by atoms with E-state index in [1.54, 1.807) is 20.8 Å². The van der Waals surface area contributed by atoms with Gasteiger partial charge in [0.2, 0.25) is 17.7 Å². The number of nitrogens with zero attached hydrogens (tertiary/aromatic N) is 1. The Bertz CT molecular complexity index is 1380. The highest BCUT2D eigenvalue weighted by Gasteiger charge is 2.30. The molecule has 49 heavy (non-hydrogen) atoms. The number of carbonyl (C=O) groups is 7. The van der Waals surface area contributed by atoms with Crippen molar-refractivity contribution in [3.05, 3.63) is 39.7 Å². The maximum absolute atomic E-state index is 14.5. The highest BCUT2D eigenvalue weighted by molar-refractivity contribution is 5.99. The lowest BCUT2D eigenvalue weighted by Gasteiger charge is -2.25. The summed E-state index contributed by atoms with van der Waals surface area (Å²) >= 11 is 0. The van der Waals surface area contributed by atoms with Gasteiger partial charge in [0.1, 0.15) is 41.1 Å². The van der Waals surface area contributed by atoms with Crippen LogP contribution in [0.25, 0.3) is 0 Å². The number of hydrogen-bond donors (Lipinski definition) is 6. The summed E-state index contributed by atoms with van der Waals surface area (Å²) in [6.45, 7) is 6.83. The lowest BCUT2D eigenvalue weighted by molar-refractivity contribution is -0.384. The maximum Gasteiger partial charge on any atom is 0.407 e. The van der Waals surface area contributed by atoms with Crippen molar-refractivity contribution in [3.8, 4) is 0 Å². The fourth-order valence-corrected chi connectivity index (χ4v) is 4.18. The Balaban J connectivity index is 3.22. The van der Waals surface area contributed by atoms with E-state index >= 15 is 0 Å². The van der Waals surface area contributed by atoms with Crippen LogP contribution in [0, 0.1) is 15.9 Å². The number of benzene rings is 1. The van der Waals surface area contributed by atoms with Gasteiger partial charge in [-0.25, -0.2) is 9.18 Å². The standard InChI is InChI=1S/C31H45FN6O11/c1-18(40)9-12-24(35-26(42)21-16-20(38(47)48)10-11-22(21)32)29(45)36-23(8-6-7-14-33-30(46)49-31(3,4)5)28(44)37-25(13-15-39)27(43)34-17-19(2)41/h10-11,16,23-25,39H,6-9,12-15,17H2,1-5H3,(H,33,46)(H,34,43)(H,35,42)(H,36,45)(H,37,44)/t23?,24?,25-/m0/s1. The third-order valence-electron chi connectivity index (χ3n) is 6.60. The molecule has 2 unspecified atom stereocenters. The highest BCUT2D eigenvalue weighted by atomic mass is 19.1. The molecule has 0 saturated heterocycles. The number of unbranched alkanes of at least 4 members (excludes halogenated alkanes) is 1. The monoisotopic (exact) mass is 696 g/mol. The zero-order chi connectivity index (χ0) is 37.3. The summed E-state index contributed by atoms with van der Waals surface area (Å²) in [7, 11) is 0. The number of amides is 5. The van der Waals surface area contributed by atoms with Gasteiger partial charge in [-0.3, -0.25) is 34.1 Å². The number of aliphatic hydroxyl groups is 1. The molecule has 1 aromatic rings. The normalized spacial score (nSPS) is 12.8. The van der Waals surface area contributed by atoms with Crippen molar-refractivity contribution in [2.24, 2.45) is 0 Å². The average Bonchev–Trinajstić information content (AvgIpc) is 2.99. The van der Waals surface area contributed by atoms with Crippen molar-refractivity contribution < 1.29 is 52.7 Å². The van der Waals surface area contributed by atoms with Crippen molar-refractivity contribution in [1.29, 1.82) is 0 Å². The number of hydrogen-bond acceptors (Lipinski definition) is 11. The molecule has 0 aliphatic rings. The number of carbonyl (C=O) groups excluding carboxylic acids is 7. The van der Waals surface area contributed by atoms with Crippen LogP contribution < -0.4 is 26.6 Å². The van der Waals surface area contributed by atoms with Gasteiger partial charge in [-0.2, -0.15) is 0 Å². The molecule has 0 aromatic heterocycles. The molecule has 0 aliphatic carbocycles. The second kappa shape index (κ2) is 20.4. The summed E-state index contributed by atoms with van der Waals surface area (Å²) < 4.78 is 19.6. The number of rotatable bonds is 20. The molecular formula is C31H45FN6O11. The quantitative estimate of drug-likeness (QED) is 0.0636. The van der Waals surface area contributed by atoms with E-state index in [9.17, 15) is 53.2 Å². The molecule has 0 aliphatic heterocycles. The van der Waals surface area contributed by atoms with Gasteiger partial charge in [0, 0.05) is 31.7 Å². The number of Topliss-reactive ketones (excluding diaryl/α,β-unsaturated/α-hetero) is 2. The molecule has 17 nitrogen and oxygen atoms in total. The molecule has 0 fully saturated rings. The fourth-order valence-electron chi connectivity index (χ4n) is 4.18. The van der Waals surface area contributed by atoms with Crippen LogP contribution in [0.3, 0.4) is 0 Å². The van der Waals surface area contributed by atoms with E-state index in [1.807, 2.05) is 0 Å². The molecule has 0 radical (unpaired) electrons. The van der Waals surface area contributed by atoms with E-state index in [4.69, 9.17) is 4.74 Å². The molecule has 6 N–H and O–H groups in total. The second-order valence-electron chi connectivity index (χ2n) is 12.2. The molecule has 18 heteroatoms. The molecule has 1 rings (SSSR count). The van der Waals surface area contributed by atoms with Gasteiger partial charge in [-0.15, -0.1) is 0 Å². The van der Waals surface area contributed by atoms with Gasteiger partial charge in [0.05, 0.1) is 17.0 Å². The molecule has 0 heterocycles. The second-order valence-corrected chi connectivity index (χ2v) is 12.2. The first-order valence-corrected chi connectivity index (χ1v) is 15.5. The number of nitrogens with one attached hydrogen (secondary N) is 5. The summed E-state index contributed by atoms with van der Waals surface area (Å²) in [6.07, 6.45) is -0.893. The molecular weight excluding hydrogens is 651 g/mol. The third kappa shape index (κ3) is 16.6. The molecule has 3 atom stereocenters. The Labute approximate surface area is 282 Å². The van der Waals surface area contributed by atoms with Crippen molar-refractivity contribution in [1.82, 2.24) is 26.6 Å². The van der Waals surface area contributed by atoms with Gasteiger partial charge in [-0.1, -0.05) is 0 Å². The SMILES string of the molecule is CC(=O)CCC(NC(=O)c1cc([N+](=O)[O-])ccc1F)C(=O)NC(CCCCNC(=O)OC(C)(C)C)C(=O)N[C@@H](CCO)C(=O)NCC(C)=O. The van der Waals surface area contributed by atoms with Gasteiger partial charge in [0.25, 0.3) is 11.6 Å². The molecule has 272 valence electrons. The zero-order valence-electron chi connectivity index (χ0n) is 28.2. The number of ketones is 2. The van der Waals surface area contributed by atoms with Gasteiger partial charge in [-0.05, 0) is 72.8 Å². The van der Waals surface area contributed by atoms with Crippen LogP contribution in [-0.4, -0.2) is 94.7 Å². The molecule has 5 amide bonds. The highest BCUT2D eigenvalue weighted by Crippen LogP contribution is 2.17. The number of aliphatic hydroxyl groups excluding tert-OH is 1. The summed E-state index contributed by atoms with van der Waals surface area (Å²) in [4.78, 5) is 97.8. The summed E-state index contributed by atoms with van der Waals surface area (Å²) in [6, 6.07) is -1.91. The first-order chi connectivity index (χ1) is 22.8. The van der Waals surface area contributed by atoms with E-state index in [0.29, 0.717) is 18.6 Å². The van der Waals surface area contributed by atoms with E-state index < -0.39 is 82.0 Å². The molecule has 1 aromatic carbocycles. The number of ether oxygens (including phenoxy) is 1. The average molecular weight is 697 g/mol. The fraction of sp³-hybridized carbons (Fsp3) is 0.581. The van der Waals surface area contributed by atoms with Crippen LogP contribution in [0.15, 0.2) is 18.2 Å². The maximum atomic E-state index is 14.5. The van der Waals surface area contributed by atoms with E-state index in [2.05, 4.69) is 26.6 Å².